The topological polar surface area (TPSA) is 69.6 Å². The zero-order chi connectivity index (χ0) is 14.5. The number of aryl methyl sites for hydroxylation is 1. The molecule has 1 aliphatic heterocycles. The third-order valence-corrected chi connectivity index (χ3v) is 3.11. The number of aliphatic hydroxyl groups is 1. The van der Waals surface area contributed by atoms with Crippen molar-refractivity contribution in [3.05, 3.63) is 34.9 Å². The van der Waals surface area contributed by atoms with Gasteiger partial charge in [0.05, 0.1) is 6.54 Å². The lowest BCUT2D eigenvalue weighted by atomic mass is 10.0. The molecular weight excluding hydrogens is 256 g/mol. The Labute approximate surface area is 117 Å². The third kappa shape index (κ3) is 3.16. The zero-order valence-electron chi connectivity index (χ0n) is 11.3. The molecule has 5 nitrogen and oxygen atoms in total. The molecular formula is C15H16N2O3. The molecule has 104 valence electrons. The molecule has 0 radical (unpaired) electrons. The second-order valence-electron chi connectivity index (χ2n) is 4.57. The molecule has 2 N–H and O–H groups in total. The van der Waals surface area contributed by atoms with Crippen LogP contribution in [0, 0.1) is 18.8 Å². The Bertz CT molecular complexity index is 599. The van der Waals surface area contributed by atoms with Gasteiger partial charge in [0.15, 0.2) is 0 Å². The van der Waals surface area contributed by atoms with Gasteiger partial charge < -0.3 is 15.3 Å². The Morgan fingerprint density at radius 3 is 3.00 bits per heavy atom. The molecule has 0 saturated carbocycles. The maximum absolute atomic E-state index is 12.3. The van der Waals surface area contributed by atoms with Gasteiger partial charge >= 0.3 is 0 Å². The van der Waals surface area contributed by atoms with Crippen LogP contribution in [0.4, 0.5) is 0 Å². The monoisotopic (exact) mass is 272 g/mol. The summed E-state index contributed by atoms with van der Waals surface area (Å²) in [5, 5.41) is 11.4. The number of aliphatic hydroxyl groups excluding tert-OH is 1. The largest absolute Gasteiger partial charge is 0.384 e. The molecule has 1 aromatic rings. The number of benzene rings is 1. The van der Waals surface area contributed by atoms with E-state index in [1.807, 2.05) is 13.0 Å². The standard InChI is InChI=1S/C15H16N2O3/c1-11-4-5-13(9-12(11)3-2-8-18)15(20)17-7-6-16-14(19)10-17/h4-5,9,18H,6-8,10H2,1H3,(H,16,19). The highest BCUT2D eigenvalue weighted by atomic mass is 16.2. The van der Waals surface area contributed by atoms with E-state index < -0.39 is 0 Å². The number of rotatable bonds is 1. The number of nitrogens with zero attached hydrogens (tertiary/aromatic N) is 1. The van der Waals surface area contributed by atoms with Gasteiger partial charge in [-0.05, 0) is 24.6 Å². The Morgan fingerprint density at radius 1 is 1.50 bits per heavy atom. The summed E-state index contributed by atoms with van der Waals surface area (Å²) in [5.74, 6) is 5.08. The first kappa shape index (κ1) is 14.1. The van der Waals surface area contributed by atoms with Crippen LogP contribution in [0.2, 0.25) is 0 Å². The van der Waals surface area contributed by atoms with Crippen molar-refractivity contribution in [3.8, 4) is 11.8 Å². The smallest absolute Gasteiger partial charge is 0.254 e. The van der Waals surface area contributed by atoms with E-state index in [9.17, 15) is 9.59 Å². The fraction of sp³-hybridized carbons (Fsp3) is 0.333. The van der Waals surface area contributed by atoms with Crippen LogP contribution in [0.5, 0.6) is 0 Å². The molecule has 5 heteroatoms. The van der Waals surface area contributed by atoms with E-state index in [2.05, 4.69) is 17.2 Å². The van der Waals surface area contributed by atoms with Gasteiger partial charge in [-0.25, -0.2) is 0 Å². The molecule has 0 bridgehead atoms. The molecule has 1 heterocycles. The molecule has 1 aromatic carbocycles. The fourth-order valence-corrected chi connectivity index (χ4v) is 2.02. The Morgan fingerprint density at radius 2 is 2.30 bits per heavy atom. The van der Waals surface area contributed by atoms with Gasteiger partial charge in [0.2, 0.25) is 5.91 Å². The maximum atomic E-state index is 12.3. The number of carbonyl (C=O) groups excluding carboxylic acids is 2. The predicted molar refractivity (Wildman–Crippen MR) is 74.1 cm³/mol. The van der Waals surface area contributed by atoms with E-state index in [1.165, 1.54) is 4.90 Å². The van der Waals surface area contributed by atoms with Crippen LogP contribution in [-0.2, 0) is 4.79 Å². The highest BCUT2D eigenvalue weighted by Crippen LogP contribution is 2.13. The number of carbonyl (C=O) groups is 2. The summed E-state index contributed by atoms with van der Waals surface area (Å²) >= 11 is 0. The summed E-state index contributed by atoms with van der Waals surface area (Å²) in [6.45, 7) is 2.75. The number of piperazine rings is 1. The Hall–Kier alpha value is -2.32. The molecule has 0 aromatic heterocycles. The van der Waals surface area contributed by atoms with Gasteiger partial charge in [0, 0.05) is 24.2 Å². The fourth-order valence-electron chi connectivity index (χ4n) is 2.02. The van der Waals surface area contributed by atoms with Crippen molar-refractivity contribution in [2.24, 2.45) is 0 Å². The summed E-state index contributed by atoms with van der Waals surface area (Å²) in [7, 11) is 0. The van der Waals surface area contributed by atoms with Gasteiger partial charge in [-0.15, -0.1) is 0 Å². The minimum absolute atomic E-state index is 0.0877. The van der Waals surface area contributed by atoms with Crippen molar-refractivity contribution in [2.75, 3.05) is 26.2 Å². The molecule has 1 fully saturated rings. The van der Waals surface area contributed by atoms with E-state index >= 15 is 0 Å². The van der Waals surface area contributed by atoms with E-state index in [4.69, 9.17) is 5.11 Å². The zero-order valence-corrected chi connectivity index (χ0v) is 11.3. The van der Waals surface area contributed by atoms with E-state index in [0.717, 1.165) is 5.56 Å². The van der Waals surface area contributed by atoms with Crippen LogP contribution < -0.4 is 5.32 Å². The van der Waals surface area contributed by atoms with Gasteiger partial charge in [0.25, 0.3) is 5.91 Å². The highest BCUT2D eigenvalue weighted by Gasteiger charge is 2.22. The third-order valence-electron chi connectivity index (χ3n) is 3.11. The molecule has 20 heavy (non-hydrogen) atoms. The predicted octanol–water partition coefficient (Wildman–Crippen LogP) is -0.0892. The number of nitrogens with one attached hydrogen (secondary N) is 1. The highest BCUT2D eigenvalue weighted by molar-refractivity contribution is 5.97. The first-order valence-electron chi connectivity index (χ1n) is 6.38. The van der Waals surface area contributed by atoms with Gasteiger partial charge in [0.1, 0.15) is 6.61 Å². The van der Waals surface area contributed by atoms with E-state index in [-0.39, 0.29) is 25.0 Å². The van der Waals surface area contributed by atoms with Crippen molar-refractivity contribution in [1.82, 2.24) is 10.2 Å². The van der Waals surface area contributed by atoms with Crippen molar-refractivity contribution in [1.29, 1.82) is 0 Å². The van der Waals surface area contributed by atoms with Crippen molar-refractivity contribution in [3.63, 3.8) is 0 Å². The van der Waals surface area contributed by atoms with Gasteiger partial charge in [-0.2, -0.15) is 0 Å². The molecule has 1 aliphatic rings. The molecule has 2 rings (SSSR count). The minimum Gasteiger partial charge on any atom is -0.384 e. The summed E-state index contributed by atoms with van der Waals surface area (Å²) in [6.07, 6.45) is 0. The van der Waals surface area contributed by atoms with Crippen LogP contribution in [0.25, 0.3) is 0 Å². The van der Waals surface area contributed by atoms with Crippen LogP contribution in [0.3, 0.4) is 0 Å². The average molecular weight is 272 g/mol. The van der Waals surface area contributed by atoms with Crippen LogP contribution in [0.1, 0.15) is 21.5 Å². The van der Waals surface area contributed by atoms with Crippen molar-refractivity contribution in [2.45, 2.75) is 6.92 Å². The lowest BCUT2D eigenvalue weighted by Crippen LogP contribution is -2.49. The maximum Gasteiger partial charge on any atom is 0.254 e. The van der Waals surface area contributed by atoms with Crippen LogP contribution in [-0.4, -0.2) is 48.1 Å². The number of amides is 2. The molecule has 0 spiro atoms. The van der Waals surface area contributed by atoms with Gasteiger partial charge in [-0.1, -0.05) is 17.9 Å². The normalized spacial score (nSPS) is 14.3. The van der Waals surface area contributed by atoms with Crippen LogP contribution in [0.15, 0.2) is 18.2 Å². The Kier molecular flexibility index (Phi) is 4.38. The summed E-state index contributed by atoms with van der Waals surface area (Å²) < 4.78 is 0. The SMILES string of the molecule is Cc1ccc(C(=O)N2CCNC(=O)C2)cc1C#CCO. The summed E-state index contributed by atoms with van der Waals surface area (Å²) in [5.41, 5.74) is 2.16. The lowest BCUT2D eigenvalue weighted by molar-refractivity contribution is -0.123. The minimum atomic E-state index is -0.218. The second kappa shape index (κ2) is 6.22. The van der Waals surface area contributed by atoms with Crippen LogP contribution >= 0.6 is 0 Å². The van der Waals surface area contributed by atoms with E-state index in [0.29, 0.717) is 24.2 Å². The first-order valence-corrected chi connectivity index (χ1v) is 6.38. The molecule has 0 unspecified atom stereocenters. The number of hydrogen-bond acceptors (Lipinski definition) is 3. The number of hydrogen-bond donors (Lipinski definition) is 2. The van der Waals surface area contributed by atoms with Crippen molar-refractivity contribution < 1.29 is 14.7 Å². The lowest BCUT2D eigenvalue weighted by Gasteiger charge is -2.26. The first-order chi connectivity index (χ1) is 9.61. The Balaban J connectivity index is 2.23. The summed E-state index contributed by atoms with van der Waals surface area (Å²) in [6, 6.07) is 5.25. The molecule has 0 aliphatic carbocycles. The summed E-state index contributed by atoms with van der Waals surface area (Å²) in [4.78, 5) is 25.2. The van der Waals surface area contributed by atoms with Crippen molar-refractivity contribution >= 4 is 11.8 Å². The average Bonchev–Trinajstić information content (AvgIpc) is 2.45. The molecule has 2 amide bonds. The molecule has 1 saturated heterocycles. The second-order valence-corrected chi connectivity index (χ2v) is 4.57. The van der Waals surface area contributed by atoms with E-state index in [1.54, 1.807) is 12.1 Å². The molecule has 0 atom stereocenters. The van der Waals surface area contributed by atoms with Gasteiger partial charge in [-0.3, -0.25) is 9.59 Å². The quantitative estimate of drug-likeness (QED) is 0.702.